The number of amides is 4. The van der Waals surface area contributed by atoms with Crippen molar-refractivity contribution in [1.29, 1.82) is 0 Å². The number of benzene rings is 1. The van der Waals surface area contributed by atoms with Crippen molar-refractivity contribution in [3.05, 3.63) is 35.9 Å². The summed E-state index contributed by atoms with van der Waals surface area (Å²) in [6, 6.07) is 6.88. The molecule has 0 aliphatic carbocycles. The first kappa shape index (κ1) is 20.4. The van der Waals surface area contributed by atoms with Crippen molar-refractivity contribution in [3.8, 4) is 0 Å². The van der Waals surface area contributed by atoms with Gasteiger partial charge in [0.1, 0.15) is 18.1 Å². The van der Waals surface area contributed by atoms with E-state index < -0.39 is 35.8 Å². The van der Waals surface area contributed by atoms with Gasteiger partial charge in [-0.05, 0) is 17.9 Å². The van der Waals surface area contributed by atoms with Crippen LogP contribution in [0.1, 0.15) is 32.3 Å². The lowest BCUT2D eigenvalue weighted by Crippen LogP contribution is -2.63. The molecule has 1 heterocycles. The number of hydrogen-bond acceptors (Lipinski definition) is 4. The van der Waals surface area contributed by atoms with Gasteiger partial charge in [0.2, 0.25) is 23.6 Å². The molecule has 3 atom stereocenters. The molecule has 0 aromatic heterocycles. The second kappa shape index (κ2) is 9.16. The molecule has 2 rings (SSSR count). The Morgan fingerprint density at radius 2 is 1.67 bits per heavy atom. The molecule has 1 saturated heterocycles. The van der Waals surface area contributed by atoms with Crippen LogP contribution in [-0.2, 0) is 25.6 Å². The van der Waals surface area contributed by atoms with E-state index >= 15 is 0 Å². The van der Waals surface area contributed by atoms with Crippen molar-refractivity contribution in [1.82, 2.24) is 16.0 Å². The highest BCUT2D eigenvalue weighted by Crippen LogP contribution is 2.09. The number of carbonyl (C=O) groups excluding carboxylic acids is 4. The lowest BCUT2D eigenvalue weighted by atomic mass is 10.00. The molecule has 1 aliphatic rings. The summed E-state index contributed by atoms with van der Waals surface area (Å²) in [4.78, 5) is 48.2. The lowest BCUT2D eigenvalue weighted by Gasteiger charge is -2.29. The van der Waals surface area contributed by atoms with Gasteiger partial charge in [-0.15, -0.1) is 0 Å². The van der Waals surface area contributed by atoms with E-state index in [-0.39, 0.29) is 18.2 Å². The molecule has 1 aromatic rings. The molecule has 0 spiro atoms. The van der Waals surface area contributed by atoms with E-state index in [2.05, 4.69) is 16.0 Å². The SMILES string of the molecule is CC(C)C[C@@H](NC(=O)C[C@@H]1NC(=O)[C@H](Cc2ccccc2)NC1=O)C(N)=O. The molecule has 1 aliphatic heterocycles. The maximum atomic E-state index is 12.3. The summed E-state index contributed by atoms with van der Waals surface area (Å²) < 4.78 is 0. The predicted octanol–water partition coefficient (Wildman–Crippen LogP) is -0.381. The lowest BCUT2D eigenvalue weighted by molar-refractivity contribution is -0.138. The molecule has 146 valence electrons. The molecule has 4 amide bonds. The smallest absolute Gasteiger partial charge is 0.243 e. The first-order valence-electron chi connectivity index (χ1n) is 8.99. The fourth-order valence-electron chi connectivity index (χ4n) is 2.97. The first-order chi connectivity index (χ1) is 12.8. The van der Waals surface area contributed by atoms with Gasteiger partial charge in [0, 0.05) is 6.42 Å². The van der Waals surface area contributed by atoms with Crippen LogP contribution in [0.2, 0.25) is 0 Å². The number of carbonyl (C=O) groups is 4. The number of hydrogen-bond donors (Lipinski definition) is 4. The molecule has 1 aromatic carbocycles. The molecule has 0 saturated carbocycles. The maximum Gasteiger partial charge on any atom is 0.243 e. The Hall–Kier alpha value is -2.90. The third kappa shape index (κ3) is 6.09. The summed E-state index contributed by atoms with van der Waals surface area (Å²) in [6.45, 7) is 3.81. The number of piperazine rings is 1. The van der Waals surface area contributed by atoms with Gasteiger partial charge in [0.05, 0.1) is 6.42 Å². The van der Waals surface area contributed by atoms with E-state index in [1.165, 1.54) is 0 Å². The van der Waals surface area contributed by atoms with E-state index in [0.29, 0.717) is 12.8 Å². The highest BCUT2D eigenvalue weighted by molar-refractivity contribution is 5.99. The molecular formula is C19H26N4O4. The van der Waals surface area contributed by atoms with Gasteiger partial charge < -0.3 is 21.7 Å². The molecule has 8 heteroatoms. The fraction of sp³-hybridized carbons (Fsp3) is 0.474. The minimum Gasteiger partial charge on any atom is -0.368 e. The monoisotopic (exact) mass is 374 g/mol. The topological polar surface area (TPSA) is 130 Å². The predicted molar refractivity (Wildman–Crippen MR) is 99.2 cm³/mol. The van der Waals surface area contributed by atoms with Crippen molar-refractivity contribution < 1.29 is 19.2 Å². The summed E-state index contributed by atoms with van der Waals surface area (Å²) in [6.07, 6.45) is 0.524. The molecule has 0 unspecified atom stereocenters. The standard InChI is InChI=1S/C19H26N4O4/c1-11(2)8-13(17(20)25)21-16(24)10-15-19(27)22-14(18(26)23-15)9-12-6-4-3-5-7-12/h3-7,11,13-15H,8-10H2,1-2H3,(H2,20,25)(H,21,24)(H,22,27)(H,23,26)/t13-,14+,15+/m1/s1. The van der Waals surface area contributed by atoms with Crippen molar-refractivity contribution in [2.45, 2.75) is 51.2 Å². The Balaban J connectivity index is 1.91. The Morgan fingerprint density at radius 3 is 2.26 bits per heavy atom. The average molecular weight is 374 g/mol. The summed E-state index contributed by atoms with van der Waals surface area (Å²) in [5.41, 5.74) is 6.23. The van der Waals surface area contributed by atoms with Gasteiger partial charge in [-0.2, -0.15) is 0 Å². The largest absolute Gasteiger partial charge is 0.368 e. The van der Waals surface area contributed by atoms with Crippen LogP contribution in [0.3, 0.4) is 0 Å². The zero-order chi connectivity index (χ0) is 20.0. The molecule has 5 N–H and O–H groups in total. The number of nitrogens with one attached hydrogen (secondary N) is 3. The molecule has 8 nitrogen and oxygen atoms in total. The third-order valence-corrected chi connectivity index (χ3v) is 4.32. The Morgan fingerprint density at radius 1 is 1.07 bits per heavy atom. The van der Waals surface area contributed by atoms with Crippen molar-refractivity contribution in [3.63, 3.8) is 0 Å². The Labute approximate surface area is 158 Å². The van der Waals surface area contributed by atoms with Crippen LogP contribution in [0.15, 0.2) is 30.3 Å². The van der Waals surface area contributed by atoms with Gasteiger partial charge in [-0.1, -0.05) is 44.2 Å². The molecule has 0 bridgehead atoms. The van der Waals surface area contributed by atoms with E-state index in [9.17, 15) is 19.2 Å². The highest BCUT2D eigenvalue weighted by Gasteiger charge is 2.35. The van der Waals surface area contributed by atoms with E-state index in [0.717, 1.165) is 5.56 Å². The second-order valence-corrected chi connectivity index (χ2v) is 7.17. The van der Waals surface area contributed by atoms with E-state index in [1.54, 1.807) is 0 Å². The van der Waals surface area contributed by atoms with Crippen LogP contribution in [0.25, 0.3) is 0 Å². The maximum absolute atomic E-state index is 12.3. The van der Waals surface area contributed by atoms with Gasteiger partial charge in [-0.3, -0.25) is 19.2 Å². The van der Waals surface area contributed by atoms with Crippen LogP contribution in [0.4, 0.5) is 0 Å². The number of rotatable bonds is 8. The number of primary amides is 1. The Bertz CT molecular complexity index is 705. The molecule has 27 heavy (non-hydrogen) atoms. The van der Waals surface area contributed by atoms with Crippen LogP contribution < -0.4 is 21.7 Å². The number of nitrogens with two attached hydrogens (primary N) is 1. The first-order valence-corrected chi connectivity index (χ1v) is 8.99. The fourth-order valence-corrected chi connectivity index (χ4v) is 2.97. The summed E-state index contributed by atoms with van der Waals surface area (Å²) in [5.74, 6) is -1.74. The summed E-state index contributed by atoms with van der Waals surface area (Å²) >= 11 is 0. The van der Waals surface area contributed by atoms with Crippen LogP contribution in [0.5, 0.6) is 0 Å². The highest BCUT2D eigenvalue weighted by atomic mass is 16.2. The zero-order valence-corrected chi connectivity index (χ0v) is 15.5. The van der Waals surface area contributed by atoms with Gasteiger partial charge in [0.25, 0.3) is 0 Å². The molecule has 1 fully saturated rings. The third-order valence-electron chi connectivity index (χ3n) is 4.32. The normalized spacial score (nSPS) is 20.6. The van der Waals surface area contributed by atoms with Gasteiger partial charge in [0.15, 0.2) is 0 Å². The van der Waals surface area contributed by atoms with E-state index in [4.69, 9.17) is 5.73 Å². The summed E-state index contributed by atoms with van der Waals surface area (Å²) in [7, 11) is 0. The summed E-state index contributed by atoms with van der Waals surface area (Å²) in [5, 5.41) is 7.78. The van der Waals surface area contributed by atoms with E-state index in [1.807, 2.05) is 44.2 Å². The zero-order valence-electron chi connectivity index (χ0n) is 15.5. The van der Waals surface area contributed by atoms with Gasteiger partial charge in [-0.25, -0.2) is 0 Å². The van der Waals surface area contributed by atoms with Crippen LogP contribution in [-0.4, -0.2) is 41.8 Å². The van der Waals surface area contributed by atoms with Crippen molar-refractivity contribution in [2.24, 2.45) is 11.7 Å². The molecular weight excluding hydrogens is 348 g/mol. The van der Waals surface area contributed by atoms with Gasteiger partial charge >= 0.3 is 0 Å². The van der Waals surface area contributed by atoms with Crippen molar-refractivity contribution >= 4 is 23.6 Å². The van der Waals surface area contributed by atoms with Crippen LogP contribution in [0, 0.1) is 5.92 Å². The second-order valence-electron chi connectivity index (χ2n) is 7.17. The van der Waals surface area contributed by atoms with Crippen molar-refractivity contribution in [2.75, 3.05) is 0 Å². The quantitative estimate of drug-likeness (QED) is 0.494. The molecule has 0 radical (unpaired) electrons. The van der Waals surface area contributed by atoms with Crippen LogP contribution >= 0.6 is 0 Å². The Kier molecular flexibility index (Phi) is 6.92. The minimum absolute atomic E-state index is 0.166. The average Bonchev–Trinajstić information content (AvgIpc) is 2.59. The minimum atomic E-state index is -0.975.